The zero-order valence-electron chi connectivity index (χ0n) is 20.2. The highest BCUT2D eigenvalue weighted by Crippen LogP contribution is 2.39. The smallest absolute Gasteiger partial charge is 0.324 e. The van der Waals surface area contributed by atoms with Gasteiger partial charge in [0.25, 0.3) is 11.5 Å². The minimum Gasteiger partial charge on any atom is -0.437 e. The molecule has 0 aliphatic rings. The molecule has 0 saturated heterocycles. The molecular formula is C24H21Cl2N7O6. The van der Waals surface area contributed by atoms with Gasteiger partial charge in [-0.25, -0.2) is 14.5 Å². The number of hydrogen-bond acceptors (Lipinski definition) is 8. The third kappa shape index (κ3) is 6.91. The van der Waals surface area contributed by atoms with E-state index in [9.17, 15) is 19.5 Å². The van der Waals surface area contributed by atoms with Gasteiger partial charge in [0.05, 0.1) is 23.0 Å². The number of benzene rings is 2. The van der Waals surface area contributed by atoms with Gasteiger partial charge in [0, 0.05) is 25.4 Å². The van der Waals surface area contributed by atoms with Crippen LogP contribution in [-0.2, 0) is 16.1 Å². The Kier molecular flexibility index (Phi) is 8.78. The van der Waals surface area contributed by atoms with Crippen molar-refractivity contribution in [3.05, 3.63) is 80.7 Å². The molecule has 2 aromatic carbocycles. The zero-order valence-corrected chi connectivity index (χ0v) is 21.7. The van der Waals surface area contributed by atoms with Gasteiger partial charge in [0.15, 0.2) is 0 Å². The van der Waals surface area contributed by atoms with Crippen LogP contribution in [-0.4, -0.2) is 50.5 Å². The molecule has 0 unspecified atom stereocenters. The number of hydrogen-bond donors (Lipinski definition) is 5. The number of aliphatic hydroxyl groups is 1. The molecule has 2 heterocycles. The minimum absolute atomic E-state index is 0.000648. The molecule has 0 saturated carbocycles. The van der Waals surface area contributed by atoms with E-state index in [0.29, 0.717) is 11.3 Å². The Balaban J connectivity index is 1.46. The molecule has 5 N–H and O–H groups in total. The molecule has 0 spiro atoms. The molecule has 13 nitrogen and oxygen atoms in total. The van der Waals surface area contributed by atoms with Crippen LogP contribution in [0.3, 0.4) is 0 Å². The number of methoxy groups -OCH3 is 1. The molecule has 15 heteroatoms. The average molecular weight is 574 g/mol. The summed E-state index contributed by atoms with van der Waals surface area (Å²) in [7, 11) is 1.38. The molecule has 0 aliphatic carbocycles. The summed E-state index contributed by atoms with van der Waals surface area (Å²) in [6.45, 7) is -0.297. The maximum atomic E-state index is 12.7. The lowest BCUT2D eigenvalue weighted by atomic mass is 10.2. The highest BCUT2D eigenvalue weighted by Gasteiger charge is 2.16. The second-order valence-corrected chi connectivity index (χ2v) is 8.54. The minimum atomic E-state index is -0.700. The Hall–Kier alpha value is -4.43. The van der Waals surface area contributed by atoms with E-state index in [1.165, 1.54) is 42.3 Å². The van der Waals surface area contributed by atoms with Gasteiger partial charge in [-0.2, -0.15) is 4.98 Å². The first kappa shape index (κ1) is 27.6. The Morgan fingerprint density at radius 1 is 1.05 bits per heavy atom. The van der Waals surface area contributed by atoms with Gasteiger partial charge in [-0.3, -0.25) is 25.3 Å². The molecule has 4 rings (SSSR count). The predicted octanol–water partition coefficient (Wildman–Crippen LogP) is 3.78. The van der Waals surface area contributed by atoms with Gasteiger partial charge in [-0.1, -0.05) is 35.3 Å². The molecule has 0 aliphatic heterocycles. The number of rotatable bonds is 9. The number of nitrogens with one attached hydrogen (secondary N) is 4. The first-order valence-electron chi connectivity index (χ1n) is 11.2. The summed E-state index contributed by atoms with van der Waals surface area (Å²) in [5.74, 6) is -0.0774. The van der Waals surface area contributed by atoms with Gasteiger partial charge in [-0.15, -0.1) is 0 Å². The van der Waals surface area contributed by atoms with Crippen molar-refractivity contribution in [2.75, 3.05) is 29.7 Å². The standard InChI is InChI=1S/C24H21Cl2N7O6/c1-38-12-19(36)30-23-27-9-8-20(31-23)39-16-7-6-15(21(25)22(16)26)28-24(37)29-17-10-18(35)32-33(17)14-4-2-13(11-34)3-5-14/h2-10,34H,11-12H2,1H3,(H,32,35)(H2,28,29,37)(H,27,30,31,36). The zero-order chi connectivity index (χ0) is 27.9. The summed E-state index contributed by atoms with van der Waals surface area (Å²) < 4.78 is 11.8. The fraction of sp³-hybridized carbons (Fsp3) is 0.125. The number of carbonyl (C=O) groups excluding carboxylic acids is 2. The second kappa shape index (κ2) is 12.4. The van der Waals surface area contributed by atoms with Gasteiger partial charge in [0.2, 0.25) is 11.8 Å². The van der Waals surface area contributed by atoms with Crippen molar-refractivity contribution in [3.63, 3.8) is 0 Å². The third-order valence-electron chi connectivity index (χ3n) is 5.02. The Morgan fingerprint density at radius 2 is 1.82 bits per heavy atom. The summed E-state index contributed by atoms with van der Waals surface area (Å²) in [5.41, 5.74) is 0.968. The summed E-state index contributed by atoms with van der Waals surface area (Å²) in [4.78, 5) is 44.4. The summed E-state index contributed by atoms with van der Waals surface area (Å²) in [5, 5.41) is 19.4. The van der Waals surface area contributed by atoms with Crippen LogP contribution in [0.25, 0.3) is 5.69 Å². The van der Waals surface area contributed by atoms with Crippen molar-refractivity contribution < 1.29 is 24.2 Å². The number of anilines is 3. The van der Waals surface area contributed by atoms with E-state index in [2.05, 4.69) is 31.0 Å². The number of aliphatic hydroxyl groups excluding tert-OH is 1. The van der Waals surface area contributed by atoms with Crippen LogP contribution in [0.1, 0.15) is 5.56 Å². The van der Waals surface area contributed by atoms with Crippen molar-refractivity contribution in [2.24, 2.45) is 0 Å². The van der Waals surface area contributed by atoms with Crippen LogP contribution in [0, 0.1) is 0 Å². The number of amides is 3. The molecule has 0 bridgehead atoms. The van der Waals surface area contributed by atoms with Crippen molar-refractivity contribution in [1.29, 1.82) is 0 Å². The molecule has 0 atom stereocenters. The maximum Gasteiger partial charge on any atom is 0.324 e. The van der Waals surface area contributed by atoms with E-state index in [0.717, 1.165) is 0 Å². The molecular weight excluding hydrogens is 553 g/mol. The van der Waals surface area contributed by atoms with Gasteiger partial charge < -0.3 is 19.9 Å². The van der Waals surface area contributed by atoms with Crippen LogP contribution in [0.15, 0.2) is 59.5 Å². The number of aromatic amines is 1. The first-order chi connectivity index (χ1) is 18.8. The Labute approximate surface area is 230 Å². The van der Waals surface area contributed by atoms with E-state index in [1.807, 2.05) is 0 Å². The molecule has 4 aromatic rings. The normalized spacial score (nSPS) is 10.7. The number of nitrogens with zero attached hydrogens (tertiary/aromatic N) is 3. The van der Waals surface area contributed by atoms with E-state index in [1.54, 1.807) is 24.3 Å². The summed E-state index contributed by atoms with van der Waals surface area (Å²) in [6.07, 6.45) is 1.38. The molecule has 0 fully saturated rings. The summed E-state index contributed by atoms with van der Waals surface area (Å²) >= 11 is 12.7. The largest absolute Gasteiger partial charge is 0.437 e. The van der Waals surface area contributed by atoms with E-state index < -0.39 is 17.5 Å². The Morgan fingerprint density at radius 3 is 2.54 bits per heavy atom. The van der Waals surface area contributed by atoms with Crippen molar-refractivity contribution >= 4 is 52.6 Å². The lowest BCUT2D eigenvalue weighted by Gasteiger charge is -2.14. The van der Waals surface area contributed by atoms with Crippen LogP contribution in [0.4, 0.5) is 22.2 Å². The van der Waals surface area contributed by atoms with Crippen LogP contribution < -0.4 is 26.2 Å². The van der Waals surface area contributed by atoms with Gasteiger partial charge in [-0.05, 0) is 29.8 Å². The number of carbonyl (C=O) groups is 2. The quantitative estimate of drug-likeness (QED) is 0.201. The van der Waals surface area contributed by atoms with Crippen molar-refractivity contribution in [3.8, 4) is 17.3 Å². The Bertz CT molecular complexity index is 1560. The number of aromatic nitrogens is 4. The monoisotopic (exact) mass is 573 g/mol. The fourth-order valence-corrected chi connectivity index (χ4v) is 3.68. The maximum absolute atomic E-state index is 12.7. The van der Waals surface area contributed by atoms with E-state index >= 15 is 0 Å². The molecule has 39 heavy (non-hydrogen) atoms. The first-order valence-corrected chi connectivity index (χ1v) is 11.9. The number of halogens is 2. The highest BCUT2D eigenvalue weighted by molar-refractivity contribution is 6.45. The topological polar surface area (TPSA) is 172 Å². The van der Waals surface area contributed by atoms with Crippen molar-refractivity contribution in [2.45, 2.75) is 6.61 Å². The van der Waals surface area contributed by atoms with Crippen LogP contribution >= 0.6 is 23.2 Å². The second-order valence-electron chi connectivity index (χ2n) is 7.79. The van der Waals surface area contributed by atoms with E-state index in [4.69, 9.17) is 32.7 Å². The molecule has 2 aromatic heterocycles. The lowest BCUT2D eigenvalue weighted by molar-refractivity contribution is -0.119. The SMILES string of the molecule is COCC(=O)Nc1nccc(Oc2ccc(NC(=O)Nc3cc(=O)[nH]n3-c3ccc(CO)cc3)c(Cl)c2Cl)n1. The van der Waals surface area contributed by atoms with Crippen molar-refractivity contribution in [1.82, 2.24) is 19.7 Å². The van der Waals surface area contributed by atoms with Gasteiger partial charge in [0.1, 0.15) is 23.2 Å². The number of H-pyrrole nitrogens is 1. The van der Waals surface area contributed by atoms with Crippen LogP contribution in [0.2, 0.25) is 10.0 Å². The average Bonchev–Trinajstić information content (AvgIpc) is 3.28. The number of urea groups is 1. The third-order valence-corrected chi connectivity index (χ3v) is 5.88. The lowest BCUT2D eigenvalue weighted by Crippen LogP contribution is -2.21. The van der Waals surface area contributed by atoms with Crippen LogP contribution in [0.5, 0.6) is 11.6 Å². The summed E-state index contributed by atoms with van der Waals surface area (Å²) in [6, 6.07) is 11.6. The molecule has 3 amide bonds. The number of ether oxygens (including phenoxy) is 2. The van der Waals surface area contributed by atoms with E-state index in [-0.39, 0.29) is 52.3 Å². The van der Waals surface area contributed by atoms with Gasteiger partial charge >= 0.3 is 6.03 Å². The highest BCUT2D eigenvalue weighted by atomic mass is 35.5. The fourth-order valence-electron chi connectivity index (χ4n) is 3.28. The molecule has 202 valence electrons. The predicted molar refractivity (Wildman–Crippen MR) is 144 cm³/mol. The molecule has 0 radical (unpaired) electrons.